The van der Waals surface area contributed by atoms with E-state index in [4.69, 9.17) is 0 Å². The van der Waals surface area contributed by atoms with Gasteiger partial charge in [0.1, 0.15) is 0 Å². The van der Waals surface area contributed by atoms with Crippen LogP contribution < -0.4 is 0 Å². The second-order valence-electron chi connectivity index (χ2n) is 2.68. The minimum absolute atomic E-state index is 0.475. The van der Waals surface area contributed by atoms with Gasteiger partial charge in [0.05, 0.1) is 0 Å². The molecule has 0 aromatic rings. The number of hydrogen-bond acceptors (Lipinski definition) is 3. The number of Topliss-reactive ketones (excluding diaryl/α,β-unsaturated/α-hetero) is 3. The van der Waals surface area contributed by atoms with Gasteiger partial charge in [-0.2, -0.15) is 0 Å². The Morgan fingerprint density at radius 3 is 1.25 bits per heavy atom. The minimum Gasteiger partial charge on any atom is -0.298 e. The van der Waals surface area contributed by atoms with Gasteiger partial charge in [-0.1, -0.05) is 6.08 Å². The molecule has 0 spiro atoms. The average Bonchev–Trinajstić information content (AvgIpc) is 1.86. The third-order valence-corrected chi connectivity index (χ3v) is 1.97. The highest BCUT2D eigenvalue weighted by molar-refractivity contribution is 6.24. The molecule has 0 heterocycles. The van der Waals surface area contributed by atoms with Crippen LogP contribution in [0.5, 0.6) is 0 Å². The molecule has 0 bridgehead atoms. The SMILES string of the molecule is C=CC(C(C)=O)(C(C)=O)C(C)=O. The van der Waals surface area contributed by atoms with Gasteiger partial charge in [-0.3, -0.25) is 14.4 Å². The molecule has 0 N–H and O–H groups in total. The monoisotopic (exact) mass is 168 g/mol. The molecule has 0 fully saturated rings. The smallest absolute Gasteiger partial charge is 0.162 e. The fourth-order valence-electron chi connectivity index (χ4n) is 1.17. The predicted molar refractivity (Wildman–Crippen MR) is 44.7 cm³/mol. The van der Waals surface area contributed by atoms with Crippen LogP contribution in [0.1, 0.15) is 20.8 Å². The number of hydrogen-bond donors (Lipinski definition) is 0. The van der Waals surface area contributed by atoms with Crippen LogP contribution in [0, 0.1) is 5.41 Å². The zero-order valence-electron chi connectivity index (χ0n) is 7.51. The highest BCUT2D eigenvalue weighted by Gasteiger charge is 2.42. The van der Waals surface area contributed by atoms with E-state index in [-0.39, 0.29) is 0 Å². The highest BCUT2D eigenvalue weighted by Crippen LogP contribution is 2.22. The third-order valence-electron chi connectivity index (χ3n) is 1.97. The van der Waals surface area contributed by atoms with Crippen molar-refractivity contribution in [2.45, 2.75) is 20.8 Å². The van der Waals surface area contributed by atoms with Gasteiger partial charge in [-0.05, 0) is 20.8 Å². The Morgan fingerprint density at radius 2 is 1.25 bits per heavy atom. The maximum Gasteiger partial charge on any atom is 0.162 e. The van der Waals surface area contributed by atoms with E-state index >= 15 is 0 Å². The van der Waals surface area contributed by atoms with Crippen LogP contribution in [-0.4, -0.2) is 17.3 Å². The molecule has 0 aliphatic rings. The zero-order valence-corrected chi connectivity index (χ0v) is 7.51. The Balaban J connectivity index is 5.33. The van der Waals surface area contributed by atoms with Crippen LogP contribution in [-0.2, 0) is 14.4 Å². The molecule has 0 aliphatic heterocycles. The normalized spacial score (nSPS) is 10.6. The first kappa shape index (κ1) is 10.8. The van der Waals surface area contributed by atoms with E-state index in [2.05, 4.69) is 6.58 Å². The standard InChI is InChI=1S/C9H12O3/c1-5-9(6(2)10,7(3)11)8(4)12/h5H,1H2,2-4H3. The lowest BCUT2D eigenvalue weighted by Gasteiger charge is -2.20. The van der Waals surface area contributed by atoms with E-state index < -0.39 is 22.8 Å². The summed E-state index contributed by atoms with van der Waals surface area (Å²) in [5, 5.41) is 0. The molecular formula is C9H12O3. The molecule has 0 aliphatic carbocycles. The largest absolute Gasteiger partial charge is 0.298 e. The first-order valence-electron chi connectivity index (χ1n) is 3.56. The van der Waals surface area contributed by atoms with Gasteiger partial charge in [0.25, 0.3) is 0 Å². The van der Waals surface area contributed by atoms with Crippen LogP contribution in [0.3, 0.4) is 0 Å². The quantitative estimate of drug-likeness (QED) is 0.463. The summed E-state index contributed by atoms with van der Waals surface area (Å²) in [5.74, 6) is -1.42. The highest BCUT2D eigenvalue weighted by atomic mass is 16.2. The lowest BCUT2D eigenvalue weighted by Crippen LogP contribution is -2.40. The lowest BCUT2D eigenvalue weighted by atomic mass is 9.77. The Hall–Kier alpha value is -1.25. The maximum atomic E-state index is 11.1. The van der Waals surface area contributed by atoms with Crippen LogP contribution in [0.2, 0.25) is 0 Å². The Bertz CT molecular complexity index is 214. The van der Waals surface area contributed by atoms with E-state index in [0.717, 1.165) is 6.08 Å². The van der Waals surface area contributed by atoms with Crippen molar-refractivity contribution in [1.82, 2.24) is 0 Å². The summed E-state index contributed by atoms with van der Waals surface area (Å²) in [6.07, 6.45) is 1.11. The Kier molecular flexibility index (Phi) is 3.07. The Morgan fingerprint density at radius 1 is 1.00 bits per heavy atom. The minimum atomic E-state index is -1.61. The van der Waals surface area contributed by atoms with Crippen LogP contribution in [0.4, 0.5) is 0 Å². The van der Waals surface area contributed by atoms with E-state index in [1.54, 1.807) is 0 Å². The van der Waals surface area contributed by atoms with E-state index in [1.165, 1.54) is 20.8 Å². The van der Waals surface area contributed by atoms with E-state index in [1.807, 2.05) is 0 Å². The first-order chi connectivity index (χ1) is 5.39. The van der Waals surface area contributed by atoms with Crippen molar-refractivity contribution in [3.63, 3.8) is 0 Å². The number of carbonyl (C=O) groups excluding carboxylic acids is 3. The van der Waals surface area contributed by atoms with Gasteiger partial charge in [0.2, 0.25) is 0 Å². The molecule has 0 saturated heterocycles. The van der Waals surface area contributed by atoms with Crippen LogP contribution >= 0.6 is 0 Å². The fourth-order valence-corrected chi connectivity index (χ4v) is 1.17. The van der Waals surface area contributed by atoms with Gasteiger partial charge in [0.15, 0.2) is 22.8 Å². The topological polar surface area (TPSA) is 51.2 Å². The zero-order chi connectivity index (χ0) is 9.94. The summed E-state index contributed by atoms with van der Waals surface area (Å²) in [7, 11) is 0. The number of carbonyl (C=O) groups is 3. The number of allylic oxidation sites excluding steroid dienone is 1. The van der Waals surface area contributed by atoms with Crippen molar-refractivity contribution in [2.75, 3.05) is 0 Å². The van der Waals surface area contributed by atoms with Gasteiger partial charge in [0, 0.05) is 0 Å². The predicted octanol–water partition coefficient (Wildman–Crippen LogP) is 0.926. The number of ketones is 3. The molecule has 0 radical (unpaired) electrons. The summed E-state index contributed by atoms with van der Waals surface area (Å²) in [5.41, 5.74) is -1.61. The molecular weight excluding hydrogens is 156 g/mol. The molecule has 3 nitrogen and oxygen atoms in total. The second kappa shape index (κ2) is 3.43. The molecule has 3 heteroatoms. The number of rotatable bonds is 4. The van der Waals surface area contributed by atoms with Gasteiger partial charge in [-0.25, -0.2) is 0 Å². The summed E-state index contributed by atoms with van der Waals surface area (Å²) in [6, 6.07) is 0. The third kappa shape index (κ3) is 1.35. The van der Waals surface area contributed by atoms with E-state index in [9.17, 15) is 14.4 Å². The van der Waals surface area contributed by atoms with Crippen LogP contribution in [0.25, 0.3) is 0 Å². The molecule has 0 atom stereocenters. The molecule has 66 valence electrons. The van der Waals surface area contributed by atoms with Crippen molar-refractivity contribution in [1.29, 1.82) is 0 Å². The molecule has 0 unspecified atom stereocenters. The summed E-state index contributed by atoms with van der Waals surface area (Å²) >= 11 is 0. The van der Waals surface area contributed by atoms with Gasteiger partial charge >= 0.3 is 0 Å². The maximum absolute atomic E-state index is 11.1. The molecule has 12 heavy (non-hydrogen) atoms. The molecule has 0 rings (SSSR count). The van der Waals surface area contributed by atoms with E-state index in [0.29, 0.717) is 0 Å². The summed E-state index contributed by atoms with van der Waals surface area (Å²) in [4.78, 5) is 33.2. The van der Waals surface area contributed by atoms with Crippen LogP contribution in [0.15, 0.2) is 12.7 Å². The van der Waals surface area contributed by atoms with Crippen molar-refractivity contribution in [2.24, 2.45) is 5.41 Å². The summed E-state index contributed by atoms with van der Waals surface area (Å²) in [6.45, 7) is 6.97. The van der Waals surface area contributed by atoms with Crippen molar-refractivity contribution >= 4 is 17.3 Å². The van der Waals surface area contributed by atoms with Gasteiger partial charge in [-0.15, -0.1) is 6.58 Å². The second-order valence-corrected chi connectivity index (χ2v) is 2.68. The molecule has 0 aromatic carbocycles. The van der Waals surface area contributed by atoms with Crippen molar-refractivity contribution in [3.05, 3.63) is 12.7 Å². The van der Waals surface area contributed by atoms with Crippen molar-refractivity contribution < 1.29 is 14.4 Å². The summed E-state index contributed by atoms with van der Waals surface area (Å²) < 4.78 is 0. The lowest BCUT2D eigenvalue weighted by molar-refractivity contribution is -0.142. The average molecular weight is 168 g/mol. The Labute approximate surface area is 71.5 Å². The molecule has 0 aromatic heterocycles. The molecule has 0 saturated carbocycles. The fraction of sp³-hybridized carbons (Fsp3) is 0.444. The van der Waals surface area contributed by atoms with Gasteiger partial charge < -0.3 is 0 Å². The molecule has 0 amide bonds. The first-order valence-corrected chi connectivity index (χ1v) is 3.56. The van der Waals surface area contributed by atoms with Crippen molar-refractivity contribution in [3.8, 4) is 0 Å².